The molecule has 2 aromatic rings. The third-order valence-corrected chi connectivity index (χ3v) is 4.07. The first-order chi connectivity index (χ1) is 9.24. The zero-order valence-corrected chi connectivity index (χ0v) is 12.9. The number of aryl methyl sites for hydroxylation is 1. The molecule has 0 spiro atoms. The van der Waals surface area contributed by atoms with Crippen LogP contribution in [-0.4, -0.2) is 12.1 Å². The van der Waals surface area contributed by atoms with Gasteiger partial charge in [-0.2, -0.15) is 5.26 Å². The first kappa shape index (κ1) is 14.0. The summed E-state index contributed by atoms with van der Waals surface area (Å²) in [6.45, 7) is 0. The standard InChI is InChI=1S/C14H13BrN2OS/c1-18-13-6-5-10(15)8-11(13)12-9-19-14(17-12)4-2-3-7-16/h5-6,8-9H,2-4H2,1H3. The van der Waals surface area contributed by atoms with Crippen LogP contribution in [0.4, 0.5) is 0 Å². The van der Waals surface area contributed by atoms with E-state index in [9.17, 15) is 0 Å². The Kier molecular flexibility index (Phi) is 4.94. The Balaban J connectivity index is 2.22. The van der Waals surface area contributed by atoms with Crippen LogP contribution < -0.4 is 4.74 Å². The molecular weight excluding hydrogens is 324 g/mol. The number of hydrogen-bond acceptors (Lipinski definition) is 4. The lowest BCUT2D eigenvalue weighted by molar-refractivity contribution is 0.416. The van der Waals surface area contributed by atoms with Crippen LogP contribution in [0.15, 0.2) is 28.1 Å². The van der Waals surface area contributed by atoms with Crippen molar-refractivity contribution in [2.75, 3.05) is 7.11 Å². The summed E-state index contributed by atoms with van der Waals surface area (Å²) in [6.07, 6.45) is 2.29. The molecule has 0 unspecified atom stereocenters. The van der Waals surface area contributed by atoms with Crippen LogP contribution in [0.2, 0.25) is 0 Å². The van der Waals surface area contributed by atoms with Crippen molar-refractivity contribution in [3.8, 4) is 23.1 Å². The van der Waals surface area contributed by atoms with E-state index in [1.54, 1.807) is 18.4 Å². The van der Waals surface area contributed by atoms with Crippen LogP contribution in [0.3, 0.4) is 0 Å². The molecule has 0 fully saturated rings. The molecule has 0 radical (unpaired) electrons. The van der Waals surface area contributed by atoms with E-state index in [1.165, 1.54) is 0 Å². The molecule has 1 aromatic carbocycles. The highest BCUT2D eigenvalue weighted by atomic mass is 79.9. The minimum atomic E-state index is 0.578. The number of nitriles is 1. The lowest BCUT2D eigenvalue weighted by Gasteiger charge is -2.06. The first-order valence-electron chi connectivity index (χ1n) is 5.90. The van der Waals surface area contributed by atoms with Crippen molar-refractivity contribution in [3.63, 3.8) is 0 Å². The molecule has 0 amide bonds. The molecule has 5 heteroatoms. The number of hydrogen-bond donors (Lipinski definition) is 0. The molecule has 0 saturated heterocycles. The van der Waals surface area contributed by atoms with Gasteiger partial charge >= 0.3 is 0 Å². The Morgan fingerprint density at radius 3 is 3.05 bits per heavy atom. The predicted molar refractivity (Wildman–Crippen MR) is 80.4 cm³/mol. The Hall–Kier alpha value is -1.38. The molecule has 2 rings (SSSR count). The number of aromatic nitrogens is 1. The lowest BCUT2D eigenvalue weighted by Crippen LogP contribution is -1.89. The number of unbranched alkanes of at least 4 members (excludes halogenated alkanes) is 1. The molecule has 0 N–H and O–H groups in total. The van der Waals surface area contributed by atoms with Gasteiger partial charge < -0.3 is 4.74 Å². The van der Waals surface area contributed by atoms with Gasteiger partial charge in [-0.05, 0) is 24.6 Å². The topological polar surface area (TPSA) is 45.9 Å². The van der Waals surface area contributed by atoms with Gasteiger partial charge in [0.1, 0.15) is 5.75 Å². The van der Waals surface area contributed by atoms with Gasteiger partial charge in [-0.15, -0.1) is 11.3 Å². The van der Waals surface area contributed by atoms with E-state index >= 15 is 0 Å². The first-order valence-corrected chi connectivity index (χ1v) is 7.57. The molecular formula is C14H13BrN2OS. The summed E-state index contributed by atoms with van der Waals surface area (Å²) in [4.78, 5) is 4.61. The summed E-state index contributed by atoms with van der Waals surface area (Å²) in [6, 6.07) is 8.03. The maximum absolute atomic E-state index is 8.54. The third kappa shape index (κ3) is 3.55. The van der Waals surface area contributed by atoms with Crippen LogP contribution in [0.1, 0.15) is 17.8 Å². The number of methoxy groups -OCH3 is 1. The molecule has 0 saturated carbocycles. The Labute approximate surface area is 125 Å². The summed E-state index contributed by atoms with van der Waals surface area (Å²) in [7, 11) is 1.66. The highest BCUT2D eigenvalue weighted by molar-refractivity contribution is 9.10. The van der Waals surface area contributed by atoms with Crippen LogP contribution in [0.5, 0.6) is 5.75 Å². The van der Waals surface area contributed by atoms with Crippen LogP contribution in [-0.2, 0) is 6.42 Å². The van der Waals surface area contributed by atoms with E-state index in [0.717, 1.165) is 39.3 Å². The van der Waals surface area contributed by atoms with E-state index in [0.29, 0.717) is 6.42 Å². The fourth-order valence-electron chi connectivity index (χ4n) is 1.75. The molecule has 1 heterocycles. The largest absolute Gasteiger partial charge is 0.496 e. The Bertz CT molecular complexity index is 604. The van der Waals surface area contributed by atoms with Crippen LogP contribution >= 0.6 is 27.3 Å². The second-order valence-corrected chi connectivity index (χ2v) is 5.84. The van der Waals surface area contributed by atoms with E-state index in [4.69, 9.17) is 10.00 Å². The lowest BCUT2D eigenvalue weighted by atomic mass is 10.1. The molecule has 19 heavy (non-hydrogen) atoms. The highest BCUT2D eigenvalue weighted by Crippen LogP contribution is 2.33. The summed E-state index contributed by atoms with van der Waals surface area (Å²) in [5.41, 5.74) is 1.91. The van der Waals surface area contributed by atoms with Crippen molar-refractivity contribution in [1.82, 2.24) is 4.98 Å². The average Bonchev–Trinajstić information content (AvgIpc) is 2.88. The minimum absolute atomic E-state index is 0.578. The van der Waals surface area contributed by atoms with Crippen LogP contribution in [0, 0.1) is 11.3 Å². The van der Waals surface area contributed by atoms with Gasteiger partial charge in [0.05, 0.1) is 23.9 Å². The van der Waals surface area contributed by atoms with E-state index in [-0.39, 0.29) is 0 Å². The van der Waals surface area contributed by atoms with Crippen molar-refractivity contribution in [2.45, 2.75) is 19.3 Å². The fourth-order valence-corrected chi connectivity index (χ4v) is 2.95. The van der Waals surface area contributed by atoms with E-state index in [2.05, 4.69) is 27.0 Å². The number of thiazole rings is 1. The van der Waals surface area contributed by atoms with Crippen molar-refractivity contribution in [2.24, 2.45) is 0 Å². The number of benzene rings is 1. The zero-order chi connectivity index (χ0) is 13.7. The highest BCUT2D eigenvalue weighted by Gasteiger charge is 2.10. The average molecular weight is 337 g/mol. The van der Waals surface area contributed by atoms with Crippen molar-refractivity contribution < 1.29 is 4.74 Å². The predicted octanol–water partition coefficient (Wildman–Crippen LogP) is 4.43. The Morgan fingerprint density at radius 1 is 1.47 bits per heavy atom. The molecule has 98 valence electrons. The van der Waals surface area contributed by atoms with Crippen molar-refractivity contribution in [3.05, 3.63) is 33.1 Å². The molecule has 1 aromatic heterocycles. The minimum Gasteiger partial charge on any atom is -0.496 e. The smallest absolute Gasteiger partial charge is 0.128 e. The second kappa shape index (κ2) is 6.69. The third-order valence-electron chi connectivity index (χ3n) is 2.67. The molecule has 0 aliphatic carbocycles. The van der Waals surface area contributed by atoms with Crippen LogP contribution in [0.25, 0.3) is 11.3 Å². The van der Waals surface area contributed by atoms with Gasteiger partial charge in [-0.25, -0.2) is 4.98 Å². The maximum atomic E-state index is 8.54. The molecule has 0 aliphatic rings. The number of halogens is 1. The normalized spacial score (nSPS) is 10.2. The summed E-state index contributed by atoms with van der Waals surface area (Å²) in [5, 5.41) is 11.6. The zero-order valence-electron chi connectivity index (χ0n) is 10.5. The molecule has 0 aliphatic heterocycles. The van der Waals surface area contributed by atoms with Gasteiger partial charge in [0.15, 0.2) is 0 Å². The fraction of sp³-hybridized carbons (Fsp3) is 0.286. The maximum Gasteiger partial charge on any atom is 0.128 e. The summed E-state index contributed by atoms with van der Waals surface area (Å²) >= 11 is 5.09. The van der Waals surface area contributed by atoms with Gasteiger partial charge in [-0.3, -0.25) is 0 Å². The van der Waals surface area contributed by atoms with Gasteiger partial charge in [0, 0.05) is 28.3 Å². The van der Waals surface area contributed by atoms with Gasteiger partial charge in [-0.1, -0.05) is 15.9 Å². The monoisotopic (exact) mass is 336 g/mol. The van der Waals surface area contributed by atoms with Gasteiger partial charge in [0.2, 0.25) is 0 Å². The SMILES string of the molecule is COc1ccc(Br)cc1-c1csc(CCCC#N)n1. The number of nitrogens with zero attached hydrogens (tertiary/aromatic N) is 2. The van der Waals surface area contributed by atoms with Crippen molar-refractivity contribution in [1.29, 1.82) is 5.26 Å². The quantitative estimate of drug-likeness (QED) is 0.759. The summed E-state index contributed by atoms with van der Waals surface area (Å²) in [5.74, 6) is 0.817. The molecule has 3 nitrogen and oxygen atoms in total. The van der Waals surface area contributed by atoms with Crippen molar-refractivity contribution >= 4 is 27.3 Å². The van der Waals surface area contributed by atoms with Gasteiger partial charge in [0.25, 0.3) is 0 Å². The molecule has 0 atom stereocenters. The number of rotatable bonds is 5. The van der Waals surface area contributed by atoms with E-state index < -0.39 is 0 Å². The second-order valence-electron chi connectivity index (χ2n) is 3.98. The number of ether oxygens (including phenoxy) is 1. The Morgan fingerprint density at radius 2 is 2.32 bits per heavy atom. The molecule has 0 bridgehead atoms. The van der Waals surface area contributed by atoms with E-state index in [1.807, 2.05) is 23.6 Å². The summed E-state index contributed by atoms with van der Waals surface area (Å²) < 4.78 is 6.37.